The predicted octanol–water partition coefficient (Wildman–Crippen LogP) is 4.42. The smallest absolute Gasteiger partial charge is 0.254 e. The number of ether oxygens (including phenoxy) is 5. The molecule has 13 heteroatoms. The highest BCUT2D eigenvalue weighted by molar-refractivity contribution is 7.98. The maximum Gasteiger partial charge on any atom is 0.254 e. The van der Waals surface area contributed by atoms with Gasteiger partial charge in [0, 0.05) is 73.1 Å². The zero-order chi connectivity index (χ0) is 34.9. The number of nitrogens with one attached hydrogen (secondary N) is 2. The van der Waals surface area contributed by atoms with E-state index in [-0.39, 0.29) is 36.4 Å². The predicted molar refractivity (Wildman–Crippen MR) is 188 cm³/mol. The molecule has 2 aromatic heterocycles. The summed E-state index contributed by atoms with van der Waals surface area (Å²) in [4.78, 5) is 36.7. The molecule has 1 saturated carbocycles. The number of fused-ring (bicyclic) bond motifs is 1. The van der Waals surface area contributed by atoms with E-state index in [1.807, 2.05) is 57.5 Å². The second-order valence-corrected chi connectivity index (χ2v) is 14.1. The lowest BCUT2D eigenvalue weighted by atomic mass is 9.81. The van der Waals surface area contributed by atoms with Crippen LogP contribution in [-0.4, -0.2) is 73.8 Å². The summed E-state index contributed by atoms with van der Waals surface area (Å²) in [5.41, 5.74) is 10.6. The van der Waals surface area contributed by atoms with Crippen molar-refractivity contribution in [3.8, 4) is 22.6 Å². The SMILES string of the molecule is CO[C@H]1CN(c2ccc(-c3cc(CC(=O)NCc4c(SC)cc(C)[nH]c4=O)c(C)c4c3OC(C)([C@H]3CC[C@H](N)CC3)O4)cn2)C[C@@H](OC)O1. The molecule has 4 heterocycles. The number of hydrogen-bond acceptors (Lipinski definition) is 11. The fourth-order valence-corrected chi connectivity index (χ4v) is 7.68. The summed E-state index contributed by atoms with van der Waals surface area (Å²) in [6.07, 6.45) is 6.60. The van der Waals surface area contributed by atoms with Crippen LogP contribution in [0.2, 0.25) is 0 Å². The van der Waals surface area contributed by atoms with Crippen LogP contribution >= 0.6 is 11.8 Å². The number of benzene rings is 1. The Hall–Kier alpha value is -3.62. The first kappa shape index (κ1) is 35.2. The van der Waals surface area contributed by atoms with E-state index in [0.717, 1.165) is 64.3 Å². The number of rotatable bonds is 10. The molecular weight excluding hydrogens is 646 g/mol. The third-order valence-electron chi connectivity index (χ3n) is 9.93. The average Bonchev–Trinajstić information content (AvgIpc) is 3.47. The summed E-state index contributed by atoms with van der Waals surface area (Å²) in [6, 6.07) is 8.08. The van der Waals surface area contributed by atoms with Crippen molar-refractivity contribution in [2.24, 2.45) is 11.7 Å². The minimum absolute atomic E-state index is 0.0962. The van der Waals surface area contributed by atoms with E-state index < -0.39 is 18.4 Å². The first-order valence-corrected chi connectivity index (χ1v) is 18.0. The Labute approximate surface area is 291 Å². The van der Waals surface area contributed by atoms with Gasteiger partial charge in [0.1, 0.15) is 5.82 Å². The molecule has 0 bridgehead atoms. The van der Waals surface area contributed by atoms with Gasteiger partial charge in [0.15, 0.2) is 24.1 Å². The van der Waals surface area contributed by atoms with Gasteiger partial charge in [0.25, 0.3) is 11.3 Å². The second-order valence-electron chi connectivity index (χ2n) is 13.3. The number of pyridine rings is 2. The molecule has 1 saturated heterocycles. The lowest BCUT2D eigenvalue weighted by molar-refractivity contribution is -0.235. The molecule has 12 nitrogen and oxygen atoms in total. The Bertz CT molecular complexity index is 1710. The van der Waals surface area contributed by atoms with E-state index in [1.165, 1.54) is 11.8 Å². The maximum atomic E-state index is 13.4. The molecule has 264 valence electrons. The van der Waals surface area contributed by atoms with Crippen LogP contribution in [0.25, 0.3) is 11.1 Å². The van der Waals surface area contributed by atoms with Crippen molar-refractivity contribution >= 4 is 23.5 Å². The monoisotopic (exact) mass is 693 g/mol. The Balaban J connectivity index is 1.30. The summed E-state index contributed by atoms with van der Waals surface area (Å²) in [6.45, 7) is 6.96. The summed E-state index contributed by atoms with van der Waals surface area (Å²) >= 11 is 1.48. The number of amides is 1. The molecular formula is C36H47N5O7S. The lowest BCUT2D eigenvalue weighted by Gasteiger charge is -2.37. The highest BCUT2D eigenvalue weighted by Gasteiger charge is 2.47. The number of morpholine rings is 1. The molecule has 49 heavy (non-hydrogen) atoms. The highest BCUT2D eigenvalue weighted by atomic mass is 32.2. The fraction of sp³-hybridized carbons (Fsp3) is 0.528. The topological polar surface area (TPSA) is 150 Å². The van der Waals surface area contributed by atoms with Crippen molar-refractivity contribution < 1.29 is 28.5 Å². The molecule has 3 aromatic rings. The van der Waals surface area contributed by atoms with Gasteiger partial charge >= 0.3 is 0 Å². The third-order valence-corrected chi connectivity index (χ3v) is 10.7. The van der Waals surface area contributed by atoms with Crippen LogP contribution in [0.3, 0.4) is 0 Å². The molecule has 1 unspecified atom stereocenters. The third kappa shape index (κ3) is 7.46. The van der Waals surface area contributed by atoms with Crippen LogP contribution in [-0.2, 0) is 32.0 Å². The van der Waals surface area contributed by atoms with Gasteiger partial charge in [-0.1, -0.05) is 0 Å². The molecule has 0 radical (unpaired) electrons. The number of carbonyl (C=O) groups excluding carboxylic acids is 1. The zero-order valence-corrected chi connectivity index (χ0v) is 29.9. The van der Waals surface area contributed by atoms with Crippen molar-refractivity contribution in [2.75, 3.05) is 38.5 Å². The molecule has 4 N–H and O–H groups in total. The molecule has 1 aliphatic carbocycles. The number of nitrogens with two attached hydrogens (primary N) is 1. The molecule has 3 aliphatic rings. The number of aromatic amines is 1. The quantitative estimate of drug-likeness (QED) is 0.259. The number of hydrogen-bond donors (Lipinski definition) is 3. The van der Waals surface area contributed by atoms with E-state index in [0.29, 0.717) is 30.2 Å². The van der Waals surface area contributed by atoms with Crippen molar-refractivity contribution in [1.29, 1.82) is 0 Å². The van der Waals surface area contributed by atoms with E-state index >= 15 is 0 Å². The van der Waals surface area contributed by atoms with Crippen LogP contribution in [0.4, 0.5) is 5.82 Å². The fourth-order valence-electron chi connectivity index (χ4n) is 6.97. The van der Waals surface area contributed by atoms with Gasteiger partial charge in [-0.3, -0.25) is 9.59 Å². The van der Waals surface area contributed by atoms with Gasteiger partial charge in [-0.25, -0.2) is 4.98 Å². The Morgan fingerprint density at radius 3 is 2.43 bits per heavy atom. The summed E-state index contributed by atoms with van der Waals surface area (Å²) < 4.78 is 30.2. The number of thioether (sulfide) groups is 1. The number of methoxy groups -OCH3 is 2. The largest absolute Gasteiger partial charge is 0.448 e. The van der Waals surface area contributed by atoms with Crippen LogP contribution in [0.1, 0.15) is 55.0 Å². The van der Waals surface area contributed by atoms with E-state index in [9.17, 15) is 9.59 Å². The minimum atomic E-state index is -0.866. The molecule has 2 aliphatic heterocycles. The number of aromatic nitrogens is 2. The van der Waals surface area contributed by atoms with Crippen LogP contribution in [0.15, 0.2) is 40.2 Å². The van der Waals surface area contributed by atoms with Crippen molar-refractivity contribution in [3.05, 3.63) is 63.2 Å². The van der Waals surface area contributed by atoms with E-state index in [2.05, 4.69) is 15.2 Å². The van der Waals surface area contributed by atoms with Gasteiger partial charge in [-0.05, 0) is 81.2 Å². The van der Waals surface area contributed by atoms with Crippen LogP contribution < -0.4 is 31.0 Å². The van der Waals surface area contributed by atoms with Gasteiger partial charge < -0.3 is 44.6 Å². The zero-order valence-electron chi connectivity index (χ0n) is 29.1. The lowest BCUT2D eigenvalue weighted by Crippen LogP contribution is -2.49. The van der Waals surface area contributed by atoms with Crippen LogP contribution in [0.5, 0.6) is 11.5 Å². The molecule has 3 atom stereocenters. The molecule has 2 fully saturated rings. The van der Waals surface area contributed by atoms with E-state index in [4.69, 9.17) is 34.4 Å². The summed E-state index contributed by atoms with van der Waals surface area (Å²) in [5, 5.41) is 2.96. The molecule has 1 aromatic carbocycles. The van der Waals surface area contributed by atoms with Crippen molar-refractivity contribution in [1.82, 2.24) is 15.3 Å². The number of nitrogens with zero attached hydrogens (tertiary/aromatic N) is 2. The average molecular weight is 694 g/mol. The van der Waals surface area contributed by atoms with Gasteiger partial charge in [-0.15, -0.1) is 11.8 Å². The van der Waals surface area contributed by atoms with Crippen molar-refractivity contribution in [2.45, 2.75) is 88.7 Å². The van der Waals surface area contributed by atoms with Gasteiger partial charge in [-0.2, -0.15) is 0 Å². The number of aryl methyl sites for hydroxylation is 1. The normalized spacial score (nSPS) is 25.0. The van der Waals surface area contributed by atoms with Gasteiger partial charge in [0.2, 0.25) is 5.91 Å². The first-order valence-electron chi connectivity index (χ1n) is 16.8. The molecule has 1 amide bonds. The number of anilines is 1. The highest BCUT2D eigenvalue weighted by Crippen LogP contribution is 2.52. The standard InChI is InChI=1S/C36H47N5O7S/c1-20-13-28(49-6)27(35(43)40-20)17-39-30(42)15-23-14-26(22-7-12-29(38-16-22)41-18-31(44-4)46-32(19-41)45-5)34-33(21(23)2)47-36(3,48-34)24-8-10-25(37)11-9-24/h7,12-14,16,24-25,31-32H,8-11,15,17-19,37H2,1-6H3,(H,39,42)(H,40,43)/t24-,25-,31-,32+,36?. The Kier molecular flexibility index (Phi) is 10.6. The van der Waals surface area contributed by atoms with Crippen molar-refractivity contribution in [3.63, 3.8) is 0 Å². The minimum Gasteiger partial charge on any atom is -0.448 e. The first-order chi connectivity index (χ1) is 23.5. The Morgan fingerprint density at radius 1 is 1.10 bits per heavy atom. The number of H-pyrrole nitrogens is 1. The van der Waals surface area contributed by atoms with Crippen LogP contribution in [0, 0.1) is 19.8 Å². The Morgan fingerprint density at radius 2 is 1.80 bits per heavy atom. The summed E-state index contributed by atoms with van der Waals surface area (Å²) in [5.74, 6) is 1.15. The second kappa shape index (κ2) is 14.7. The maximum absolute atomic E-state index is 13.4. The summed E-state index contributed by atoms with van der Waals surface area (Å²) in [7, 11) is 3.21. The van der Waals surface area contributed by atoms with E-state index in [1.54, 1.807) is 14.2 Å². The van der Waals surface area contributed by atoms with Gasteiger partial charge in [0.05, 0.1) is 19.5 Å². The number of carbonyl (C=O) groups is 1. The molecule has 6 rings (SSSR count). The molecule has 0 spiro atoms.